The van der Waals surface area contributed by atoms with E-state index in [4.69, 9.17) is 11.6 Å². The lowest BCUT2D eigenvalue weighted by molar-refractivity contribution is -0.137. The van der Waals surface area contributed by atoms with Gasteiger partial charge in [-0.2, -0.15) is 0 Å². The molecule has 4 heterocycles. The number of hydrogen-bond acceptors (Lipinski definition) is 8. The number of rotatable bonds is 10. The number of nitrogens with one attached hydrogen (secondary N) is 3. The average Bonchev–Trinajstić information content (AvgIpc) is 3.82. The van der Waals surface area contributed by atoms with Crippen LogP contribution in [0.2, 0.25) is 5.15 Å². The zero-order valence-electron chi connectivity index (χ0n) is 22.8. The molecule has 1 aliphatic carbocycles. The molecule has 1 saturated carbocycles. The maximum absolute atomic E-state index is 13.6. The molecule has 0 radical (unpaired) electrons. The van der Waals surface area contributed by atoms with Gasteiger partial charge in [0.15, 0.2) is 11.0 Å². The molecule has 216 valence electrons. The van der Waals surface area contributed by atoms with E-state index in [0.717, 1.165) is 60.2 Å². The van der Waals surface area contributed by atoms with Gasteiger partial charge >= 0.3 is 5.97 Å². The fraction of sp³-hybridized carbons (Fsp3) is 0.333. The molecule has 42 heavy (non-hydrogen) atoms. The number of carbonyl (C=O) groups is 2. The number of aromatic nitrogens is 4. The van der Waals surface area contributed by atoms with Gasteiger partial charge in [0.2, 0.25) is 5.91 Å². The molecule has 0 saturated heterocycles. The van der Waals surface area contributed by atoms with Crippen LogP contribution in [-0.2, 0) is 29.1 Å². The standard InChI is InChI=1S/C30H30ClN7O4/c31-27-26(17-7-8-17)38(30(42)29(37-27)34-15-21-10-9-18-5-3-11-32-28(18)35-21)16-24(39)36-23(13-25(40)41)20-12-19-4-1-2-6-22(19)33-14-20/h1-2,4,6,9-10,12,14,17,23H,3,5,7-8,11,13,15-16H2,(H,32,35)(H,34,37)(H,36,39)(H,40,41)/t23-/m0/s1. The Labute approximate surface area is 246 Å². The molecule has 0 spiro atoms. The summed E-state index contributed by atoms with van der Waals surface area (Å²) in [6, 6.07) is 12.4. The van der Waals surface area contributed by atoms with Gasteiger partial charge in [0.05, 0.1) is 35.9 Å². The first-order chi connectivity index (χ1) is 20.4. The van der Waals surface area contributed by atoms with Crippen LogP contribution in [0.25, 0.3) is 10.9 Å². The lowest BCUT2D eigenvalue weighted by atomic mass is 10.0. The second kappa shape index (κ2) is 11.8. The Hall–Kier alpha value is -4.51. The van der Waals surface area contributed by atoms with Crippen molar-refractivity contribution in [2.24, 2.45) is 0 Å². The Bertz CT molecular complexity index is 1740. The number of para-hydroxylation sites is 1. The normalized spacial score (nSPS) is 15.0. The molecule has 12 heteroatoms. The van der Waals surface area contributed by atoms with E-state index in [2.05, 4.69) is 30.9 Å². The number of fused-ring (bicyclic) bond motifs is 2. The van der Waals surface area contributed by atoms with E-state index in [1.54, 1.807) is 6.20 Å². The molecule has 1 atom stereocenters. The van der Waals surface area contributed by atoms with E-state index in [9.17, 15) is 19.5 Å². The fourth-order valence-electron chi connectivity index (χ4n) is 5.30. The van der Waals surface area contributed by atoms with E-state index in [1.807, 2.05) is 42.5 Å². The van der Waals surface area contributed by atoms with Crippen LogP contribution in [-0.4, -0.2) is 43.0 Å². The summed E-state index contributed by atoms with van der Waals surface area (Å²) < 4.78 is 1.35. The molecule has 1 aromatic carbocycles. The summed E-state index contributed by atoms with van der Waals surface area (Å²) in [5, 5.41) is 19.7. The number of amides is 1. The summed E-state index contributed by atoms with van der Waals surface area (Å²) in [5.41, 5.74) is 3.25. The number of carboxylic acid groups (broad SMARTS) is 1. The largest absolute Gasteiger partial charge is 0.481 e. The number of aryl methyl sites for hydroxylation is 1. The summed E-state index contributed by atoms with van der Waals surface area (Å²) >= 11 is 6.57. The van der Waals surface area contributed by atoms with Gasteiger partial charge in [-0.15, -0.1) is 0 Å². The number of halogens is 1. The summed E-state index contributed by atoms with van der Waals surface area (Å²) in [6.07, 6.45) is 4.93. The maximum Gasteiger partial charge on any atom is 0.305 e. The van der Waals surface area contributed by atoms with Crippen LogP contribution >= 0.6 is 11.6 Å². The zero-order chi connectivity index (χ0) is 29.2. The van der Waals surface area contributed by atoms with Crippen LogP contribution in [0.15, 0.2) is 53.5 Å². The fourth-order valence-corrected chi connectivity index (χ4v) is 5.64. The number of aliphatic carboxylic acids is 1. The minimum Gasteiger partial charge on any atom is -0.481 e. The van der Waals surface area contributed by atoms with Crippen molar-refractivity contribution < 1.29 is 14.7 Å². The molecule has 1 aliphatic heterocycles. The van der Waals surface area contributed by atoms with Crippen LogP contribution in [0, 0.1) is 0 Å². The highest BCUT2D eigenvalue weighted by Crippen LogP contribution is 2.42. The summed E-state index contributed by atoms with van der Waals surface area (Å²) in [7, 11) is 0. The first-order valence-electron chi connectivity index (χ1n) is 14.0. The number of benzene rings is 1. The maximum atomic E-state index is 13.6. The van der Waals surface area contributed by atoms with Crippen molar-refractivity contribution in [2.45, 2.75) is 57.2 Å². The minimum atomic E-state index is -1.08. The Morgan fingerprint density at radius 2 is 2.00 bits per heavy atom. The van der Waals surface area contributed by atoms with E-state index in [-0.39, 0.29) is 36.4 Å². The average molecular weight is 588 g/mol. The molecular weight excluding hydrogens is 558 g/mol. The minimum absolute atomic E-state index is 0.0190. The van der Waals surface area contributed by atoms with Crippen molar-refractivity contribution in [3.8, 4) is 0 Å². The Balaban J connectivity index is 1.24. The summed E-state index contributed by atoms with van der Waals surface area (Å²) in [4.78, 5) is 52.0. The molecule has 1 amide bonds. The van der Waals surface area contributed by atoms with Crippen LogP contribution < -0.4 is 21.5 Å². The molecule has 3 aromatic heterocycles. The van der Waals surface area contributed by atoms with Crippen LogP contribution in [0.5, 0.6) is 0 Å². The first-order valence-corrected chi connectivity index (χ1v) is 14.4. The molecule has 2 aliphatic rings. The number of hydrogen-bond donors (Lipinski definition) is 4. The highest BCUT2D eigenvalue weighted by Gasteiger charge is 2.32. The topological polar surface area (TPSA) is 151 Å². The quantitative estimate of drug-likeness (QED) is 0.216. The van der Waals surface area contributed by atoms with Gasteiger partial charge in [-0.05, 0) is 55.0 Å². The van der Waals surface area contributed by atoms with E-state index < -0.39 is 23.5 Å². The first kappa shape index (κ1) is 27.6. The van der Waals surface area contributed by atoms with Gasteiger partial charge in [0.25, 0.3) is 5.56 Å². The van der Waals surface area contributed by atoms with Crippen molar-refractivity contribution >= 4 is 46.0 Å². The van der Waals surface area contributed by atoms with Crippen molar-refractivity contribution in [1.82, 2.24) is 24.8 Å². The molecule has 1 fully saturated rings. The predicted octanol–water partition coefficient (Wildman–Crippen LogP) is 4.02. The number of pyridine rings is 2. The van der Waals surface area contributed by atoms with Crippen LogP contribution in [0.4, 0.5) is 11.6 Å². The smallest absolute Gasteiger partial charge is 0.305 e. The van der Waals surface area contributed by atoms with E-state index in [1.165, 1.54) is 4.57 Å². The van der Waals surface area contributed by atoms with Crippen LogP contribution in [0.3, 0.4) is 0 Å². The van der Waals surface area contributed by atoms with Crippen molar-refractivity contribution in [3.05, 3.63) is 86.7 Å². The van der Waals surface area contributed by atoms with Gasteiger partial charge in [0, 0.05) is 24.0 Å². The third kappa shape index (κ3) is 6.06. The highest BCUT2D eigenvalue weighted by atomic mass is 35.5. The highest BCUT2D eigenvalue weighted by molar-refractivity contribution is 6.30. The molecular formula is C30H30ClN7O4. The van der Waals surface area contributed by atoms with Gasteiger partial charge in [0.1, 0.15) is 12.4 Å². The SMILES string of the molecule is O=C(O)C[C@H](NC(=O)Cn1c(C2CC2)c(Cl)nc(NCc2ccc3c(n2)NCCC3)c1=O)c1cnc2ccccc2c1. The van der Waals surface area contributed by atoms with E-state index >= 15 is 0 Å². The second-order valence-electron chi connectivity index (χ2n) is 10.7. The molecule has 0 bridgehead atoms. The van der Waals surface area contributed by atoms with Crippen molar-refractivity contribution in [1.29, 1.82) is 0 Å². The molecule has 4 aromatic rings. The van der Waals surface area contributed by atoms with Crippen molar-refractivity contribution in [3.63, 3.8) is 0 Å². The van der Waals surface area contributed by atoms with E-state index in [0.29, 0.717) is 11.3 Å². The molecule has 6 rings (SSSR count). The Morgan fingerprint density at radius 3 is 2.81 bits per heavy atom. The van der Waals surface area contributed by atoms with Gasteiger partial charge in [-0.1, -0.05) is 35.9 Å². The third-order valence-corrected chi connectivity index (χ3v) is 7.82. The Kier molecular flexibility index (Phi) is 7.75. The Morgan fingerprint density at radius 1 is 1.17 bits per heavy atom. The molecule has 4 N–H and O–H groups in total. The molecule has 11 nitrogen and oxygen atoms in total. The van der Waals surface area contributed by atoms with Gasteiger partial charge < -0.3 is 21.1 Å². The zero-order valence-corrected chi connectivity index (χ0v) is 23.5. The number of anilines is 2. The number of carboxylic acids is 1. The summed E-state index contributed by atoms with van der Waals surface area (Å²) in [6.45, 7) is 0.784. The van der Waals surface area contributed by atoms with Gasteiger partial charge in [-0.25, -0.2) is 9.97 Å². The lowest BCUT2D eigenvalue weighted by Gasteiger charge is -2.20. The second-order valence-corrected chi connectivity index (χ2v) is 11.0. The van der Waals surface area contributed by atoms with Crippen LogP contribution in [0.1, 0.15) is 60.2 Å². The summed E-state index contributed by atoms with van der Waals surface area (Å²) in [5.74, 6) is -0.692. The number of nitrogens with zero attached hydrogens (tertiary/aromatic N) is 4. The van der Waals surface area contributed by atoms with Gasteiger partial charge in [-0.3, -0.25) is 23.9 Å². The predicted molar refractivity (Wildman–Crippen MR) is 159 cm³/mol. The molecule has 0 unspecified atom stereocenters. The van der Waals surface area contributed by atoms with Crippen molar-refractivity contribution in [2.75, 3.05) is 17.2 Å². The monoisotopic (exact) mass is 587 g/mol. The number of carbonyl (C=O) groups excluding carboxylic acids is 1. The third-order valence-electron chi connectivity index (χ3n) is 7.54. The lowest BCUT2D eigenvalue weighted by Crippen LogP contribution is -2.37.